The third-order valence-corrected chi connectivity index (χ3v) is 3.89. The summed E-state index contributed by atoms with van der Waals surface area (Å²) in [6, 6.07) is 6.15. The molecule has 2 heterocycles. The molecule has 1 unspecified atom stereocenters. The Bertz CT molecular complexity index is 750. The van der Waals surface area contributed by atoms with Crippen molar-refractivity contribution >= 4 is 17.1 Å². The Morgan fingerprint density at radius 3 is 2.90 bits per heavy atom. The van der Waals surface area contributed by atoms with E-state index in [0.717, 1.165) is 27.2 Å². The first-order chi connectivity index (χ1) is 9.70. The van der Waals surface area contributed by atoms with Gasteiger partial charge in [-0.3, -0.25) is 4.98 Å². The molecule has 4 nitrogen and oxygen atoms in total. The highest BCUT2D eigenvalue weighted by molar-refractivity contribution is 6.31. The van der Waals surface area contributed by atoms with E-state index in [1.807, 2.05) is 49.2 Å². The molecule has 2 aromatic heterocycles. The number of aryl methyl sites for hydroxylation is 1. The maximum absolute atomic E-state index is 6.23. The summed E-state index contributed by atoms with van der Waals surface area (Å²) < 4.78 is 1.82. The Balaban J connectivity index is 2.11. The zero-order chi connectivity index (χ0) is 14.1. The van der Waals surface area contributed by atoms with E-state index in [1.54, 1.807) is 6.20 Å². The van der Waals surface area contributed by atoms with Gasteiger partial charge in [0, 0.05) is 23.0 Å². The zero-order valence-corrected chi connectivity index (χ0v) is 12.1. The van der Waals surface area contributed by atoms with E-state index >= 15 is 0 Å². The van der Waals surface area contributed by atoms with Crippen molar-refractivity contribution in [2.45, 2.75) is 13.0 Å². The second-order valence-electron chi connectivity index (χ2n) is 4.74. The van der Waals surface area contributed by atoms with Gasteiger partial charge in [0.05, 0.1) is 24.0 Å². The van der Waals surface area contributed by atoms with Gasteiger partial charge in [-0.05, 0) is 31.2 Å². The van der Waals surface area contributed by atoms with Crippen LogP contribution in [0.5, 0.6) is 0 Å². The fourth-order valence-electron chi connectivity index (χ4n) is 2.37. The second kappa shape index (κ2) is 5.23. The van der Waals surface area contributed by atoms with Gasteiger partial charge < -0.3 is 5.32 Å². The molecule has 0 radical (unpaired) electrons. The summed E-state index contributed by atoms with van der Waals surface area (Å²) in [7, 11) is 1.93. The summed E-state index contributed by atoms with van der Waals surface area (Å²) >= 11 is 6.23. The van der Waals surface area contributed by atoms with E-state index in [2.05, 4.69) is 21.5 Å². The van der Waals surface area contributed by atoms with Crippen LogP contribution in [0.3, 0.4) is 0 Å². The molecule has 0 saturated heterocycles. The second-order valence-corrected chi connectivity index (χ2v) is 5.14. The van der Waals surface area contributed by atoms with Gasteiger partial charge in [-0.15, -0.1) is 0 Å². The summed E-state index contributed by atoms with van der Waals surface area (Å²) in [5, 5.41) is 8.45. The Labute approximate surface area is 122 Å². The molecule has 0 aliphatic heterocycles. The van der Waals surface area contributed by atoms with Crippen molar-refractivity contribution in [3.8, 4) is 0 Å². The van der Waals surface area contributed by atoms with Crippen LogP contribution in [-0.2, 0) is 0 Å². The van der Waals surface area contributed by atoms with Crippen molar-refractivity contribution in [3.63, 3.8) is 0 Å². The minimum Gasteiger partial charge on any atom is -0.309 e. The molecule has 0 bridgehead atoms. The molecule has 0 aliphatic carbocycles. The van der Waals surface area contributed by atoms with E-state index in [9.17, 15) is 0 Å². The summed E-state index contributed by atoms with van der Waals surface area (Å²) in [5.74, 6) is 0. The van der Waals surface area contributed by atoms with E-state index in [1.165, 1.54) is 0 Å². The number of benzene rings is 1. The fourth-order valence-corrected chi connectivity index (χ4v) is 2.55. The third-order valence-electron chi connectivity index (χ3n) is 3.48. The van der Waals surface area contributed by atoms with Crippen LogP contribution in [0.2, 0.25) is 5.02 Å². The van der Waals surface area contributed by atoms with Crippen LogP contribution in [0.1, 0.15) is 22.7 Å². The Hall–Kier alpha value is -1.91. The highest BCUT2D eigenvalue weighted by atomic mass is 35.5. The molecule has 3 rings (SSSR count). The average molecular weight is 287 g/mol. The van der Waals surface area contributed by atoms with Crippen LogP contribution < -0.4 is 5.32 Å². The molecule has 0 amide bonds. The van der Waals surface area contributed by atoms with Crippen LogP contribution in [0, 0.1) is 6.92 Å². The van der Waals surface area contributed by atoms with Gasteiger partial charge in [0.1, 0.15) is 0 Å². The molecule has 0 spiro atoms. The van der Waals surface area contributed by atoms with E-state index in [0.29, 0.717) is 0 Å². The number of rotatable bonds is 3. The van der Waals surface area contributed by atoms with Crippen molar-refractivity contribution in [2.24, 2.45) is 0 Å². The molecule has 0 aliphatic rings. The van der Waals surface area contributed by atoms with Crippen LogP contribution in [0.15, 0.2) is 43.0 Å². The lowest BCUT2D eigenvalue weighted by atomic mass is 9.99. The number of nitrogens with one attached hydrogen (secondary N) is 1. The standard InChI is InChI=1S/C15H15ClN4/c1-10-3-4-11(7-13(10)16)15(17-2)12-8-19-20-6-5-18-9-14(12)20/h3-9,15,17H,1-2H3. The lowest BCUT2D eigenvalue weighted by molar-refractivity contribution is 0.696. The molecule has 0 fully saturated rings. The number of hydrogen-bond acceptors (Lipinski definition) is 3. The minimum atomic E-state index is 0.0369. The summed E-state index contributed by atoms with van der Waals surface area (Å²) in [6.07, 6.45) is 7.25. The fraction of sp³-hybridized carbons (Fsp3) is 0.200. The minimum absolute atomic E-state index is 0.0369. The topological polar surface area (TPSA) is 42.2 Å². The molecule has 1 atom stereocenters. The Morgan fingerprint density at radius 1 is 1.30 bits per heavy atom. The van der Waals surface area contributed by atoms with Crippen LogP contribution in [-0.4, -0.2) is 21.6 Å². The maximum atomic E-state index is 6.23. The predicted molar refractivity (Wildman–Crippen MR) is 80.1 cm³/mol. The number of nitrogens with zero attached hydrogens (tertiary/aromatic N) is 3. The lowest BCUT2D eigenvalue weighted by Gasteiger charge is -2.16. The zero-order valence-electron chi connectivity index (χ0n) is 11.3. The van der Waals surface area contributed by atoms with Crippen molar-refractivity contribution < 1.29 is 0 Å². The van der Waals surface area contributed by atoms with Gasteiger partial charge in [-0.25, -0.2) is 4.52 Å². The van der Waals surface area contributed by atoms with E-state index in [-0.39, 0.29) is 6.04 Å². The van der Waals surface area contributed by atoms with Gasteiger partial charge in [-0.2, -0.15) is 5.10 Å². The largest absolute Gasteiger partial charge is 0.309 e. The molecule has 1 N–H and O–H groups in total. The van der Waals surface area contributed by atoms with Gasteiger partial charge >= 0.3 is 0 Å². The summed E-state index contributed by atoms with van der Waals surface area (Å²) in [5.41, 5.74) is 4.26. The number of aromatic nitrogens is 3. The Morgan fingerprint density at radius 2 is 2.15 bits per heavy atom. The van der Waals surface area contributed by atoms with Crippen molar-refractivity contribution in [1.82, 2.24) is 19.9 Å². The molecule has 20 heavy (non-hydrogen) atoms. The molecule has 5 heteroatoms. The van der Waals surface area contributed by atoms with Crippen molar-refractivity contribution in [3.05, 3.63) is 64.7 Å². The average Bonchev–Trinajstić information content (AvgIpc) is 2.88. The van der Waals surface area contributed by atoms with Crippen LogP contribution in [0.25, 0.3) is 5.52 Å². The molecule has 3 aromatic rings. The highest BCUT2D eigenvalue weighted by Crippen LogP contribution is 2.28. The van der Waals surface area contributed by atoms with Gasteiger partial charge in [0.25, 0.3) is 0 Å². The first-order valence-corrected chi connectivity index (χ1v) is 6.79. The van der Waals surface area contributed by atoms with E-state index in [4.69, 9.17) is 11.6 Å². The monoisotopic (exact) mass is 286 g/mol. The quantitative estimate of drug-likeness (QED) is 0.805. The van der Waals surface area contributed by atoms with Gasteiger partial charge in [-0.1, -0.05) is 23.7 Å². The normalized spacial score (nSPS) is 12.8. The first-order valence-electron chi connectivity index (χ1n) is 6.41. The smallest absolute Gasteiger partial charge is 0.0896 e. The number of hydrogen-bond donors (Lipinski definition) is 1. The predicted octanol–water partition coefficient (Wildman–Crippen LogP) is 3.00. The molecule has 1 aromatic carbocycles. The van der Waals surface area contributed by atoms with Crippen LogP contribution >= 0.6 is 11.6 Å². The lowest BCUT2D eigenvalue weighted by Crippen LogP contribution is -2.17. The molecular formula is C15H15ClN4. The number of halogens is 1. The highest BCUT2D eigenvalue weighted by Gasteiger charge is 2.17. The SMILES string of the molecule is CNC(c1ccc(C)c(Cl)c1)c1cnn2ccncc12. The van der Waals surface area contributed by atoms with E-state index < -0.39 is 0 Å². The molecule has 0 saturated carbocycles. The third kappa shape index (κ3) is 2.17. The van der Waals surface area contributed by atoms with Gasteiger partial charge in [0.15, 0.2) is 0 Å². The molecule has 102 valence electrons. The first kappa shape index (κ1) is 13.1. The Kier molecular flexibility index (Phi) is 3.42. The molecular weight excluding hydrogens is 272 g/mol. The summed E-state index contributed by atoms with van der Waals surface area (Å²) in [6.45, 7) is 2.00. The van der Waals surface area contributed by atoms with Crippen molar-refractivity contribution in [2.75, 3.05) is 7.05 Å². The van der Waals surface area contributed by atoms with Crippen molar-refractivity contribution in [1.29, 1.82) is 0 Å². The summed E-state index contributed by atoms with van der Waals surface area (Å²) in [4.78, 5) is 4.17. The maximum Gasteiger partial charge on any atom is 0.0896 e. The van der Waals surface area contributed by atoms with Gasteiger partial charge in [0.2, 0.25) is 0 Å². The number of fused-ring (bicyclic) bond motifs is 1. The van der Waals surface area contributed by atoms with Crippen LogP contribution in [0.4, 0.5) is 0 Å².